The van der Waals surface area contributed by atoms with Crippen LogP contribution in [0.2, 0.25) is 0 Å². The third-order valence-electron chi connectivity index (χ3n) is 11.6. The van der Waals surface area contributed by atoms with E-state index in [0.717, 1.165) is 0 Å². The highest BCUT2D eigenvalue weighted by atomic mass is 32.1. The van der Waals surface area contributed by atoms with Crippen molar-refractivity contribution in [2.24, 2.45) is 0 Å². The SMILES string of the molecule is CC1(C)c2ccc(-c3ccc(-c4c5ccccc5c(-c5ccc6ccccc6c5)c5ccccc45)cc3)cc2-c2ccc3c(sc4ccccc43)c21. The van der Waals surface area contributed by atoms with Gasteiger partial charge in [0.2, 0.25) is 0 Å². The van der Waals surface area contributed by atoms with Crippen molar-refractivity contribution in [3.05, 3.63) is 181 Å². The zero-order valence-electron chi connectivity index (χ0n) is 29.1. The molecular weight excluding hydrogens is 645 g/mol. The number of rotatable bonds is 3. The number of hydrogen-bond donors (Lipinski definition) is 0. The Morgan fingerprint density at radius 3 is 1.65 bits per heavy atom. The van der Waals surface area contributed by atoms with E-state index in [1.54, 1.807) is 0 Å². The molecule has 0 aliphatic heterocycles. The van der Waals surface area contributed by atoms with E-state index >= 15 is 0 Å². The van der Waals surface area contributed by atoms with E-state index < -0.39 is 0 Å². The Balaban J connectivity index is 1.04. The zero-order valence-corrected chi connectivity index (χ0v) is 29.9. The van der Waals surface area contributed by atoms with Crippen LogP contribution in [0.25, 0.3) is 97.0 Å². The molecule has 0 nitrogen and oxygen atoms in total. The maximum atomic E-state index is 2.43. The highest BCUT2D eigenvalue weighted by Gasteiger charge is 2.37. The molecule has 1 aliphatic carbocycles. The van der Waals surface area contributed by atoms with Crippen LogP contribution >= 0.6 is 11.3 Å². The summed E-state index contributed by atoms with van der Waals surface area (Å²) >= 11 is 1.94. The van der Waals surface area contributed by atoms with Crippen LogP contribution in [0.4, 0.5) is 0 Å². The van der Waals surface area contributed by atoms with E-state index in [9.17, 15) is 0 Å². The average Bonchev–Trinajstić information content (AvgIpc) is 3.68. The average molecular weight is 679 g/mol. The maximum absolute atomic E-state index is 2.43. The van der Waals surface area contributed by atoms with Crippen LogP contribution in [0.1, 0.15) is 25.0 Å². The highest BCUT2D eigenvalue weighted by Crippen LogP contribution is 2.54. The normalized spacial score (nSPS) is 13.3. The fourth-order valence-corrected chi connectivity index (χ4v) is 10.6. The van der Waals surface area contributed by atoms with Crippen LogP contribution in [0.15, 0.2) is 170 Å². The molecule has 52 heavy (non-hydrogen) atoms. The third-order valence-corrected chi connectivity index (χ3v) is 12.8. The summed E-state index contributed by atoms with van der Waals surface area (Å²) < 4.78 is 2.79. The second kappa shape index (κ2) is 11.0. The van der Waals surface area contributed by atoms with Gasteiger partial charge in [0.25, 0.3) is 0 Å². The lowest BCUT2D eigenvalue weighted by Gasteiger charge is -2.22. The molecule has 0 bridgehead atoms. The molecule has 0 saturated heterocycles. The molecule has 1 aliphatic rings. The first-order chi connectivity index (χ1) is 25.5. The first-order valence-electron chi connectivity index (χ1n) is 18.2. The van der Waals surface area contributed by atoms with E-state index in [2.05, 4.69) is 184 Å². The third kappa shape index (κ3) is 4.21. The molecule has 0 fully saturated rings. The summed E-state index contributed by atoms with van der Waals surface area (Å²) in [6.07, 6.45) is 0. The number of thiophene rings is 1. The molecule has 1 aromatic heterocycles. The molecular formula is C51H34S. The smallest absolute Gasteiger partial charge is 0.0402 e. The number of benzene rings is 9. The summed E-state index contributed by atoms with van der Waals surface area (Å²) in [6.45, 7) is 4.80. The van der Waals surface area contributed by atoms with E-state index in [1.165, 1.54) is 108 Å². The Hall–Kier alpha value is -6.02. The monoisotopic (exact) mass is 678 g/mol. The van der Waals surface area contributed by atoms with Crippen LogP contribution in [0.3, 0.4) is 0 Å². The summed E-state index contributed by atoms with van der Waals surface area (Å²) in [4.78, 5) is 0. The van der Waals surface area contributed by atoms with Gasteiger partial charge in [-0.2, -0.15) is 0 Å². The zero-order chi connectivity index (χ0) is 34.6. The maximum Gasteiger partial charge on any atom is 0.0402 e. The molecule has 10 aromatic rings. The van der Waals surface area contributed by atoms with Gasteiger partial charge in [0.15, 0.2) is 0 Å². The Morgan fingerprint density at radius 2 is 0.942 bits per heavy atom. The highest BCUT2D eigenvalue weighted by molar-refractivity contribution is 7.26. The Morgan fingerprint density at radius 1 is 0.385 bits per heavy atom. The van der Waals surface area contributed by atoms with Crippen molar-refractivity contribution in [3.8, 4) is 44.5 Å². The Kier molecular flexibility index (Phi) is 6.27. The van der Waals surface area contributed by atoms with Gasteiger partial charge in [-0.05, 0) is 106 Å². The Bertz CT molecular complexity index is 3030. The van der Waals surface area contributed by atoms with Crippen LogP contribution in [-0.2, 0) is 5.41 Å². The molecule has 1 heterocycles. The second-order valence-electron chi connectivity index (χ2n) is 14.8. The van der Waals surface area contributed by atoms with Crippen molar-refractivity contribution in [2.45, 2.75) is 19.3 Å². The van der Waals surface area contributed by atoms with Crippen LogP contribution in [0.5, 0.6) is 0 Å². The summed E-state index contributed by atoms with van der Waals surface area (Å²) in [5.74, 6) is 0. The fraction of sp³-hybridized carbons (Fsp3) is 0.0588. The summed E-state index contributed by atoms with van der Waals surface area (Å²) in [5.41, 5.74) is 13.1. The predicted octanol–water partition coefficient (Wildman–Crippen LogP) is 14.8. The van der Waals surface area contributed by atoms with E-state index in [0.29, 0.717) is 0 Å². The minimum absolute atomic E-state index is 0.0609. The lowest BCUT2D eigenvalue weighted by molar-refractivity contribution is 0.667. The molecule has 244 valence electrons. The molecule has 11 rings (SSSR count). The molecule has 9 aromatic carbocycles. The minimum atomic E-state index is -0.0609. The van der Waals surface area contributed by atoms with Gasteiger partial charge in [-0.25, -0.2) is 0 Å². The largest absolute Gasteiger partial charge is 0.135 e. The van der Waals surface area contributed by atoms with E-state index in [1.807, 2.05) is 11.3 Å². The molecule has 0 radical (unpaired) electrons. The molecule has 0 spiro atoms. The molecule has 0 unspecified atom stereocenters. The lowest BCUT2D eigenvalue weighted by Crippen LogP contribution is -2.15. The van der Waals surface area contributed by atoms with E-state index in [-0.39, 0.29) is 5.41 Å². The topological polar surface area (TPSA) is 0 Å². The van der Waals surface area contributed by atoms with Crippen molar-refractivity contribution in [2.75, 3.05) is 0 Å². The molecule has 0 atom stereocenters. The summed E-state index contributed by atoms with van der Waals surface area (Å²) in [7, 11) is 0. The first kappa shape index (κ1) is 29.7. The second-order valence-corrected chi connectivity index (χ2v) is 15.9. The van der Waals surface area contributed by atoms with Gasteiger partial charge in [-0.3, -0.25) is 0 Å². The molecule has 1 heteroatoms. The predicted molar refractivity (Wildman–Crippen MR) is 226 cm³/mol. The standard InChI is InChI=1S/C51H34S/c1-51(2)45-28-25-35(30-44(45)42-26-27-43-37-13-9-10-18-46(37)52-50(43)49(42)51)32-19-22-33(23-20-32)47-38-14-5-7-16-40(38)48(41-17-8-6-15-39(41)47)36-24-21-31-11-3-4-12-34(31)29-36/h3-30H,1-2H3. The van der Waals surface area contributed by atoms with Crippen LogP contribution in [0, 0.1) is 0 Å². The molecule has 0 saturated carbocycles. The number of hydrogen-bond acceptors (Lipinski definition) is 1. The fourth-order valence-electron chi connectivity index (χ4n) is 9.18. The van der Waals surface area contributed by atoms with Gasteiger partial charge in [-0.1, -0.05) is 166 Å². The van der Waals surface area contributed by atoms with Crippen molar-refractivity contribution in [3.63, 3.8) is 0 Å². The number of fused-ring (bicyclic) bond motifs is 10. The summed E-state index contributed by atoms with van der Waals surface area (Å²) in [5, 5.41) is 10.4. The van der Waals surface area contributed by atoms with Crippen molar-refractivity contribution in [1.29, 1.82) is 0 Å². The lowest BCUT2D eigenvalue weighted by atomic mass is 9.81. The first-order valence-corrected chi connectivity index (χ1v) is 19.0. The van der Waals surface area contributed by atoms with Gasteiger partial charge in [0, 0.05) is 25.6 Å². The van der Waals surface area contributed by atoms with Crippen LogP contribution < -0.4 is 0 Å². The molecule has 0 N–H and O–H groups in total. The van der Waals surface area contributed by atoms with Gasteiger partial charge >= 0.3 is 0 Å². The minimum Gasteiger partial charge on any atom is -0.135 e. The van der Waals surface area contributed by atoms with Gasteiger partial charge in [-0.15, -0.1) is 11.3 Å². The summed E-state index contributed by atoms with van der Waals surface area (Å²) in [6, 6.07) is 63.4. The van der Waals surface area contributed by atoms with E-state index in [4.69, 9.17) is 0 Å². The van der Waals surface area contributed by atoms with Crippen molar-refractivity contribution < 1.29 is 0 Å². The molecule has 0 amide bonds. The van der Waals surface area contributed by atoms with Crippen molar-refractivity contribution in [1.82, 2.24) is 0 Å². The quantitative estimate of drug-likeness (QED) is 0.163. The van der Waals surface area contributed by atoms with Gasteiger partial charge in [0.1, 0.15) is 0 Å². The van der Waals surface area contributed by atoms with Crippen LogP contribution in [-0.4, -0.2) is 0 Å². The van der Waals surface area contributed by atoms with Crippen molar-refractivity contribution >= 4 is 63.8 Å². The Labute approximate surface area is 307 Å². The van der Waals surface area contributed by atoms with Gasteiger partial charge in [0.05, 0.1) is 0 Å². The van der Waals surface area contributed by atoms with Gasteiger partial charge < -0.3 is 0 Å².